The maximum absolute atomic E-state index is 11.8. The fraction of sp³-hybridized carbons (Fsp3) is 0.385. The van der Waals surface area contributed by atoms with Crippen molar-refractivity contribution in [1.82, 2.24) is 20.3 Å². The minimum atomic E-state index is -0.262. The molecule has 38 heavy (non-hydrogen) atoms. The third kappa shape index (κ3) is 5.43. The molecule has 5 rings (SSSR count). The highest BCUT2D eigenvalue weighted by Gasteiger charge is 2.30. The van der Waals surface area contributed by atoms with Gasteiger partial charge >= 0.3 is 0 Å². The Morgan fingerprint density at radius 1 is 1.13 bits per heavy atom. The molecule has 2 atom stereocenters. The molecular formula is C26H28Cl2N6O4. The maximum Gasteiger partial charge on any atom is 0.243 e. The van der Waals surface area contributed by atoms with Crippen molar-refractivity contribution >= 4 is 51.8 Å². The fourth-order valence-corrected chi connectivity index (χ4v) is 4.97. The summed E-state index contributed by atoms with van der Waals surface area (Å²) in [5.74, 6) is 2.16. The van der Waals surface area contributed by atoms with Crippen LogP contribution in [0.15, 0.2) is 31.0 Å². The Labute approximate surface area is 230 Å². The lowest BCUT2D eigenvalue weighted by atomic mass is 10.1. The van der Waals surface area contributed by atoms with Crippen molar-refractivity contribution in [2.24, 2.45) is 5.92 Å². The van der Waals surface area contributed by atoms with Gasteiger partial charge in [-0.2, -0.15) is 0 Å². The molecule has 0 bridgehead atoms. The molecule has 3 aromatic rings. The van der Waals surface area contributed by atoms with Gasteiger partial charge in [0.15, 0.2) is 5.82 Å². The van der Waals surface area contributed by atoms with Crippen molar-refractivity contribution in [3.63, 3.8) is 0 Å². The standard InChI is InChI=1S/C26H28Cl2N6O4/c1-4-20(35)31-16-11-38-12-17(16)33-26-30-10-14-7-15(32-25(24(14)34-26)29-9-13-5-6-13)21-22(27)18(36-2)8-19(37-3)23(21)28/h4,7-8,10,13,16-17H,1,5-6,9,11-12H2,2-3H3,(H,29,32)(H,31,35)(H,30,33,34)/t16-,17?/m0/s1. The molecule has 200 valence electrons. The van der Waals surface area contributed by atoms with E-state index in [0.29, 0.717) is 69.2 Å². The molecule has 0 radical (unpaired) electrons. The Kier molecular flexibility index (Phi) is 7.73. The van der Waals surface area contributed by atoms with Gasteiger partial charge in [0.2, 0.25) is 11.9 Å². The molecule has 2 fully saturated rings. The Hall–Kier alpha value is -3.34. The number of hydrogen-bond donors (Lipinski definition) is 3. The van der Waals surface area contributed by atoms with Crippen LogP contribution in [0.3, 0.4) is 0 Å². The molecule has 10 nitrogen and oxygen atoms in total. The largest absolute Gasteiger partial charge is 0.495 e. The number of hydrogen-bond acceptors (Lipinski definition) is 9. The summed E-state index contributed by atoms with van der Waals surface area (Å²) in [6.07, 6.45) is 5.30. The van der Waals surface area contributed by atoms with Crippen molar-refractivity contribution in [3.8, 4) is 22.8 Å². The van der Waals surface area contributed by atoms with Gasteiger partial charge in [0, 0.05) is 29.8 Å². The lowest BCUT2D eigenvalue weighted by Gasteiger charge is -2.20. The third-order valence-corrected chi connectivity index (χ3v) is 7.31. The quantitative estimate of drug-likeness (QED) is 0.312. The molecule has 3 N–H and O–H groups in total. The van der Waals surface area contributed by atoms with E-state index in [2.05, 4.69) is 27.5 Å². The monoisotopic (exact) mass is 558 g/mol. The molecule has 1 aliphatic heterocycles. The van der Waals surface area contributed by atoms with Crippen LogP contribution in [0.4, 0.5) is 11.8 Å². The van der Waals surface area contributed by atoms with Gasteiger partial charge in [-0.3, -0.25) is 4.79 Å². The number of benzene rings is 1. The van der Waals surface area contributed by atoms with E-state index in [-0.39, 0.29) is 18.0 Å². The lowest BCUT2D eigenvalue weighted by Crippen LogP contribution is -2.45. The van der Waals surface area contributed by atoms with Crippen LogP contribution in [-0.4, -0.2) is 66.9 Å². The normalized spacial score (nSPS) is 18.7. The second kappa shape index (κ2) is 11.2. The van der Waals surface area contributed by atoms with Crippen LogP contribution in [0, 0.1) is 5.92 Å². The number of aromatic nitrogens is 3. The SMILES string of the molecule is C=CC(=O)N[C@H]1COCC1Nc1ncc2cc(-c3c(Cl)c(OC)cc(OC)c3Cl)nc(NCC3CC3)c2n1. The number of nitrogens with zero attached hydrogens (tertiary/aromatic N) is 3. The fourth-order valence-electron chi connectivity index (χ4n) is 4.28. The number of anilines is 2. The first kappa shape index (κ1) is 26.3. The van der Waals surface area contributed by atoms with E-state index >= 15 is 0 Å². The summed E-state index contributed by atoms with van der Waals surface area (Å²) in [5.41, 5.74) is 1.66. The second-order valence-corrected chi connectivity index (χ2v) is 9.96. The van der Waals surface area contributed by atoms with Gasteiger partial charge in [-0.05, 0) is 30.9 Å². The summed E-state index contributed by atoms with van der Waals surface area (Å²) in [6.45, 7) is 5.07. The van der Waals surface area contributed by atoms with E-state index in [1.54, 1.807) is 12.3 Å². The van der Waals surface area contributed by atoms with Gasteiger partial charge in [0.1, 0.15) is 17.0 Å². The van der Waals surface area contributed by atoms with Crippen molar-refractivity contribution in [2.45, 2.75) is 24.9 Å². The molecule has 1 unspecified atom stereocenters. The summed E-state index contributed by atoms with van der Waals surface area (Å²) in [5, 5.41) is 11.0. The molecule has 2 aromatic heterocycles. The predicted molar refractivity (Wildman–Crippen MR) is 147 cm³/mol. The summed E-state index contributed by atoms with van der Waals surface area (Å²) < 4.78 is 16.4. The minimum Gasteiger partial charge on any atom is -0.495 e. The summed E-state index contributed by atoms with van der Waals surface area (Å²) in [7, 11) is 3.06. The molecule has 0 spiro atoms. The van der Waals surface area contributed by atoms with Gasteiger partial charge < -0.3 is 30.2 Å². The van der Waals surface area contributed by atoms with Crippen molar-refractivity contribution in [2.75, 3.05) is 44.6 Å². The molecule has 1 saturated carbocycles. The molecular weight excluding hydrogens is 531 g/mol. The lowest BCUT2D eigenvalue weighted by molar-refractivity contribution is -0.117. The molecule has 1 saturated heterocycles. The van der Waals surface area contributed by atoms with E-state index in [1.807, 2.05) is 6.07 Å². The van der Waals surface area contributed by atoms with E-state index in [9.17, 15) is 4.79 Å². The number of amides is 1. The van der Waals surface area contributed by atoms with Crippen LogP contribution < -0.4 is 25.4 Å². The zero-order chi connectivity index (χ0) is 26.8. The summed E-state index contributed by atoms with van der Waals surface area (Å²) in [4.78, 5) is 26.0. The minimum absolute atomic E-state index is 0.201. The first-order valence-corrected chi connectivity index (χ1v) is 13.0. The van der Waals surface area contributed by atoms with E-state index in [4.69, 9.17) is 47.4 Å². The number of fused-ring (bicyclic) bond motifs is 1. The molecule has 1 aromatic carbocycles. The average molecular weight is 559 g/mol. The second-order valence-electron chi connectivity index (χ2n) is 9.20. The van der Waals surface area contributed by atoms with Crippen molar-refractivity contribution in [3.05, 3.63) is 41.0 Å². The Morgan fingerprint density at radius 2 is 1.84 bits per heavy atom. The predicted octanol–water partition coefficient (Wildman–Crippen LogP) is 4.32. The van der Waals surface area contributed by atoms with E-state index in [1.165, 1.54) is 33.1 Å². The third-order valence-electron chi connectivity index (χ3n) is 6.56. The van der Waals surface area contributed by atoms with Gasteiger partial charge in [0.05, 0.1) is 55.3 Å². The first-order chi connectivity index (χ1) is 18.4. The molecule has 1 amide bonds. The average Bonchev–Trinajstić information content (AvgIpc) is 3.66. The molecule has 1 aliphatic carbocycles. The number of halogens is 2. The zero-order valence-corrected chi connectivity index (χ0v) is 22.5. The van der Waals surface area contributed by atoms with Gasteiger partial charge in [0.25, 0.3) is 0 Å². The Balaban J connectivity index is 1.54. The highest BCUT2D eigenvalue weighted by atomic mass is 35.5. The summed E-state index contributed by atoms with van der Waals surface area (Å²) in [6, 6.07) is 3.03. The zero-order valence-electron chi connectivity index (χ0n) is 21.0. The topological polar surface area (TPSA) is 120 Å². The van der Waals surface area contributed by atoms with E-state index < -0.39 is 0 Å². The first-order valence-electron chi connectivity index (χ1n) is 12.2. The molecule has 2 aliphatic rings. The van der Waals surface area contributed by atoms with Crippen LogP contribution >= 0.6 is 23.2 Å². The van der Waals surface area contributed by atoms with Gasteiger partial charge in [-0.25, -0.2) is 15.0 Å². The number of nitrogens with one attached hydrogen (secondary N) is 3. The van der Waals surface area contributed by atoms with E-state index in [0.717, 1.165) is 11.9 Å². The highest BCUT2D eigenvalue weighted by molar-refractivity contribution is 6.41. The molecule has 3 heterocycles. The van der Waals surface area contributed by atoms with Crippen LogP contribution in [0.25, 0.3) is 22.2 Å². The number of carbonyl (C=O) groups excluding carboxylic acids is 1. The highest BCUT2D eigenvalue weighted by Crippen LogP contribution is 2.46. The summed E-state index contributed by atoms with van der Waals surface area (Å²) >= 11 is 13.4. The van der Waals surface area contributed by atoms with Gasteiger partial charge in [-0.15, -0.1) is 0 Å². The van der Waals surface area contributed by atoms with Crippen LogP contribution in [0.5, 0.6) is 11.5 Å². The number of carbonyl (C=O) groups is 1. The maximum atomic E-state index is 11.8. The number of methoxy groups -OCH3 is 2. The molecule has 12 heteroatoms. The van der Waals surface area contributed by atoms with Crippen LogP contribution in [-0.2, 0) is 9.53 Å². The van der Waals surface area contributed by atoms with Crippen molar-refractivity contribution < 1.29 is 19.0 Å². The number of ether oxygens (including phenoxy) is 3. The Bertz CT molecular complexity index is 1360. The van der Waals surface area contributed by atoms with Crippen LogP contribution in [0.1, 0.15) is 12.8 Å². The van der Waals surface area contributed by atoms with Crippen LogP contribution in [0.2, 0.25) is 10.0 Å². The number of pyridine rings is 1. The Morgan fingerprint density at radius 3 is 2.50 bits per heavy atom. The number of rotatable bonds is 10. The van der Waals surface area contributed by atoms with Gasteiger partial charge in [-0.1, -0.05) is 29.8 Å². The smallest absolute Gasteiger partial charge is 0.243 e. The van der Waals surface area contributed by atoms with Crippen molar-refractivity contribution in [1.29, 1.82) is 0 Å².